The Balaban J connectivity index is 3.75. The second kappa shape index (κ2) is 3.61. The molecule has 2 heteroatoms. The van der Waals surface area contributed by atoms with Gasteiger partial charge >= 0.3 is 0 Å². The van der Waals surface area contributed by atoms with E-state index in [-0.39, 0.29) is 0 Å². The van der Waals surface area contributed by atoms with Crippen molar-refractivity contribution in [3.05, 3.63) is 11.8 Å². The van der Waals surface area contributed by atoms with Crippen molar-refractivity contribution in [1.82, 2.24) is 5.32 Å². The van der Waals surface area contributed by atoms with E-state index in [2.05, 4.69) is 5.32 Å². The van der Waals surface area contributed by atoms with Gasteiger partial charge < -0.3 is 5.32 Å². The van der Waals surface area contributed by atoms with Crippen LogP contribution in [0.2, 0.25) is 0 Å². The molecule has 0 unspecified atom stereocenters. The van der Waals surface area contributed by atoms with Gasteiger partial charge in [-0.15, -0.1) is 0 Å². The average Bonchev–Trinajstić information content (AvgIpc) is 1.65. The molecule has 0 amide bonds. The highest BCUT2D eigenvalue weighted by Gasteiger charge is 1.80. The smallest absolute Gasteiger partial charge is 0.0138 e. The van der Waals surface area contributed by atoms with E-state index >= 15 is 0 Å². The van der Waals surface area contributed by atoms with Gasteiger partial charge in [-0.25, -0.2) is 0 Å². The van der Waals surface area contributed by atoms with Crippen LogP contribution in [0.15, 0.2) is 11.8 Å². The number of thiocarbonyl (C=S) groups is 1. The number of rotatable bonds is 2. The maximum atomic E-state index is 4.82. The van der Waals surface area contributed by atoms with Crippen molar-refractivity contribution in [3.8, 4) is 0 Å². The molecule has 0 aromatic rings. The van der Waals surface area contributed by atoms with Gasteiger partial charge in [0.2, 0.25) is 0 Å². The van der Waals surface area contributed by atoms with Gasteiger partial charge in [0.25, 0.3) is 0 Å². The van der Waals surface area contributed by atoms with E-state index in [0.717, 1.165) is 10.6 Å². The molecule has 0 bridgehead atoms. The van der Waals surface area contributed by atoms with E-state index in [0.29, 0.717) is 0 Å². The minimum Gasteiger partial charge on any atom is -0.392 e. The highest BCUT2D eigenvalue weighted by Crippen LogP contribution is 1.85. The van der Waals surface area contributed by atoms with Gasteiger partial charge in [-0.05, 0) is 19.9 Å². The van der Waals surface area contributed by atoms with E-state index < -0.39 is 0 Å². The minimum atomic E-state index is 0.914. The zero-order valence-electron chi connectivity index (χ0n) is 5.49. The topological polar surface area (TPSA) is 12.0 Å². The molecule has 46 valence electrons. The Morgan fingerprint density at radius 3 is 2.12 bits per heavy atom. The second-order valence-corrected chi connectivity index (χ2v) is 2.33. The van der Waals surface area contributed by atoms with Crippen LogP contribution in [-0.2, 0) is 0 Å². The van der Waals surface area contributed by atoms with Crippen LogP contribution in [0.3, 0.4) is 0 Å². The Morgan fingerprint density at radius 1 is 1.50 bits per heavy atom. The quantitative estimate of drug-likeness (QED) is 0.448. The molecule has 0 saturated carbocycles. The summed E-state index contributed by atoms with van der Waals surface area (Å²) < 4.78 is 0. The lowest BCUT2D eigenvalue weighted by molar-refractivity contribution is 0.993. The SMILES string of the molecule is CN/C(C)=C/C(C)=S. The first-order valence-electron chi connectivity index (χ1n) is 2.53. The minimum absolute atomic E-state index is 0.914. The summed E-state index contributed by atoms with van der Waals surface area (Å²) in [6, 6.07) is 0. The van der Waals surface area contributed by atoms with Crippen molar-refractivity contribution in [2.24, 2.45) is 0 Å². The van der Waals surface area contributed by atoms with Crippen molar-refractivity contribution >= 4 is 17.1 Å². The molecule has 0 atom stereocenters. The lowest BCUT2D eigenvalue weighted by atomic mass is 10.4. The van der Waals surface area contributed by atoms with Crippen molar-refractivity contribution < 1.29 is 0 Å². The van der Waals surface area contributed by atoms with Gasteiger partial charge in [-0.1, -0.05) is 12.2 Å². The summed E-state index contributed by atoms with van der Waals surface area (Å²) in [5.41, 5.74) is 1.11. The molecule has 0 aliphatic carbocycles. The monoisotopic (exact) mass is 129 g/mol. The molecule has 1 nitrogen and oxygen atoms in total. The highest BCUT2D eigenvalue weighted by atomic mass is 32.1. The van der Waals surface area contributed by atoms with Crippen molar-refractivity contribution in [3.63, 3.8) is 0 Å². The third kappa shape index (κ3) is 3.81. The normalized spacial score (nSPS) is 11.1. The summed E-state index contributed by atoms with van der Waals surface area (Å²) >= 11 is 4.82. The van der Waals surface area contributed by atoms with Crippen LogP contribution in [0.5, 0.6) is 0 Å². The lowest BCUT2D eigenvalue weighted by Gasteiger charge is -1.94. The second-order valence-electron chi connectivity index (χ2n) is 1.69. The van der Waals surface area contributed by atoms with Crippen molar-refractivity contribution in [2.75, 3.05) is 7.05 Å². The summed E-state index contributed by atoms with van der Waals surface area (Å²) in [6.45, 7) is 3.88. The van der Waals surface area contributed by atoms with Crippen LogP contribution in [0, 0.1) is 0 Å². The molecule has 0 spiro atoms. The van der Waals surface area contributed by atoms with Gasteiger partial charge in [0, 0.05) is 17.6 Å². The van der Waals surface area contributed by atoms with Crippen LogP contribution < -0.4 is 5.32 Å². The number of nitrogens with one attached hydrogen (secondary N) is 1. The maximum Gasteiger partial charge on any atom is 0.0138 e. The molecular weight excluding hydrogens is 118 g/mol. The first-order valence-corrected chi connectivity index (χ1v) is 2.94. The lowest BCUT2D eigenvalue weighted by Crippen LogP contribution is -2.02. The molecule has 0 rings (SSSR count). The third-order valence-corrected chi connectivity index (χ3v) is 0.932. The summed E-state index contributed by atoms with van der Waals surface area (Å²) in [5, 5.41) is 2.97. The summed E-state index contributed by atoms with van der Waals surface area (Å²) in [7, 11) is 1.88. The van der Waals surface area contributed by atoms with Crippen LogP contribution in [0.4, 0.5) is 0 Å². The first-order chi connectivity index (χ1) is 3.66. The molecule has 0 aromatic heterocycles. The fourth-order valence-electron chi connectivity index (χ4n) is 0.377. The zero-order valence-corrected chi connectivity index (χ0v) is 6.30. The zero-order chi connectivity index (χ0) is 6.57. The Labute approximate surface area is 55.8 Å². The number of hydrogen-bond acceptors (Lipinski definition) is 2. The molecule has 0 saturated heterocycles. The Bertz CT molecular complexity index is 116. The molecule has 0 aromatic carbocycles. The molecule has 0 fully saturated rings. The number of allylic oxidation sites excluding steroid dienone is 2. The number of hydrogen-bond donors (Lipinski definition) is 1. The van der Waals surface area contributed by atoms with Crippen LogP contribution in [0.1, 0.15) is 13.8 Å². The fraction of sp³-hybridized carbons (Fsp3) is 0.500. The van der Waals surface area contributed by atoms with Crippen LogP contribution in [-0.4, -0.2) is 11.9 Å². The predicted molar refractivity (Wildman–Crippen MR) is 41.1 cm³/mol. The largest absolute Gasteiger partial charge is 0.392 e. The summed E-state index contributed by atoms with van der Waals surface area (Å²) in [6.07, 6.45) is 1.93. The molecule has 1 N–H and O–H groups in total. The Morgan fingerprint density at radius 2 is 2.00 bits per heavy atom. The van der Waals surface area contributed by atoms with Gasteiger partial charge in [0.15, 0.2) is 0 Å². The van der Waals surface area contributed by atoms with E-state index in [4.69, 9.17) is 12.2 Å². The van der Waals surface area contributed by atoms with E-state index in [1.165, 1.54) is 0 Å². The summed E-state index contributed by atoms with van der Waals surface area (Å²) in [4.78, 5) is 0.914. The molecule has 0 aliphatic rings. The first kappa shape index (κ1) is 7.63. The molecule has 0 heterocycles. The predicted octanol–water partition coefficient (Wildman–Crippen LogP) is 1.50. The van der Waals surface area contributed by atoms with E-state index in [1.54, 1.807) is 0 Å². The van der Waals surface area contributed by atoms with Gasteiger partial charge in [-0.3, -0.25) is 0 Å². The third-order valence-electron chi connectivity index (χ3n) is 0.814. The standard InChI is InChI=1S/C6H11NS/c1-5(7-3)4-6(2)8/h4,7H,1-3H3/b5-4+. The van der Waals surface area contributed by atoms with Crippen LogP contribution in [0.25, 0.3) is 0 Å². The van der Waals surface area contributed by atoms with Crippen molar-refractivity contribution in [1.29, 1.82) is 0 Å². The van der Waals surface area contributed by atoms with E-state index in [1.807, 2.05) is 27.0 Å². The van der Waals surface area contributed by atoms with Gasteiger partial charge in [-0.2, -0.15) is 0 Å². The highest BCUT2D eigenvalue weighted by molar-refractivity contribution is 7.80. The maximum absolute atomic E-state index is 4.82. The molecular formula is C6H11NS. The Kier molecular flexibility index (Phi) is 3.44. The molecule has 0 radical (unpaired) electrons. The Hall–Kier alpha value is -0.370. The fourth-order valence-corrected chi connectivity index (χ4v) is 0.554. The summed E-state index contributed by atoms with van der Waals surface area (Å²) in [5.74, 6) is 0. The molecule has 0 aliphatic heterocycles. The molecule has 8 heavy (non-hydrogen) atoms. The van der Waals surface area contributed by atoms with E-state index in [9.17, 15) is 0 Å². The average molecular weight is 129 g/mol. The van der Waals surface area contributed by atoms with Crippen LogP contribution >= 0.6 is 12.2 Å². The van der Waals surface area contributed by atoms with Gasteiger partial charge in [0.1, 0.15) is 0 Å². The van der Waals surface area contributed by atoms with Gasteiger partial charge in [0.05, 0.1) is 0 Å². The van der Waals surface area contributed by atoms with Crippen molar-refractivity contribution in [2.45, 2.75) is 13.8 Å².